The molecule has 1 rings (SSSR count). The molecule has 0 saturated carbocycles. The minimum absolute atomic E-state index is 0.274. The first kappa shape index (κ1) is 15.5. The maximum Gasteiger partial charge on any atom is 0.0881 e. The van der Waals surface area contributed by atoms with E-state index in [0.29, 0.717) is 6.54 Å². The number of aliphatic hydroxyl groups is 3. The SMILES string of the molecule is OCC(CO)(CO)NCCSCc1ccccc1. The first-order chi connectivity index (χ1) is 8.76. The Kier molecular flexibility index (Phi) is 7.31. The van der Waals surface area contributed by atoms with E-state index in [1.54, 1.807) is 11.8 Å². The summed E-state index contributed by atoms with van der Waals surface area (Å²) in [5.41, 5.74) is 0.313. The standard InChI is InChI=1S/C13H21NO3S/c15-9-13(10-16,11-17)14-6-7-18-8-12-4-2-1-3-5-12/h1-5,14-17H,6-11H2. The summed E-state index contributed by atoms with van der Waals surface area (Å²) in [6.45, 7) is -0.185. The number of thioether (sulfide) groups is 1. The van der Waals surface area contributed by atoms with Gasteiger partial charge in [-0.25, -0.2) is 0 Å². The molecule has 4 N–H and O–H groups in total. The molecule has 1 aromatic rings. The first-order valence-electron chi connectivity index (χ1n) is 5.95. The van der Waals surface area contributed by atoms with Crippen LogP contribution in [0.15, 0.2) is 30.3 Å². The lowest BCUT2D eigenvalue weighted by atomic mass is 10.0. The highest BCUT2D eigenvalue weighted by Gasteiger charge is 2.26. The fourth-order valence-corrected chi connectivity index (χ4v) is 2.29. The summed E-state index contributed by atoms with van der Waals surface area (Å²) >= 11 is 1.77. The Balaban J connectivity index is 2.18. The van der Waals surface area contributed by atoms with E-state index in [4.69, 9.17) is 15.3 Å². The van der Waals surface area contributed by atoms with Crippen LogP contribution in [0.4, 0.5) is 0 Å². The highest BCUT2D eigenvalue weighted by Crippen LogP contribution is 2.11. The normalized spacial score (nSPS) is 11.7. The molecule has 0 aliphatic heterocycles. The van der Waals surface area contributed by atoms with Gasteiger partial charge in [0.15, 0.2) is 0 Å². The third-order valence-corrected chi connectivity index (χ3v) is 3.80. The summed E-state index contributed by atoms with van der Waals surface area (Å²) in [6.07, 6.45) is 0. The van der Waals surface area contributed by atoms with Gasteiger partial charge >= 0.3 is 0 Å². The van der Waals surface area contributed by atoms with Gasteiger partial charge in [0.1, 0.15) is 0 Å². The van der Waals surface area contributed by atoms with Gasteiger partial charge in [-0.2, -0.15) is 11.8 Å². The summed E-state index contributed by atoms with van der Waals surface area (Å²) < 4.78 is 0. The van der Waals surface area contributed by atoms with Crippen LogP contribution in [-0.2, 0) is 5.75 Å². The second-order valence-electron chi connectivity index (χ2n) is 4.22. The van der Waals surface area contributed by atoms with Gasteiger partial charge in [0.05, 0.1) is 25.4 Å². The topological polar surface area (TPSA) is 72.7 Å². The maximum absolute atomic E-state index is 9.12. The van der Waals surface area contributed by atoms with Crippen molar-refractivity contribution in [1.82, 2.24) is 5.32 Å². The third-order valence-electron chi connectivity index (χ3n) is 2.77. The molecule has 0 unspecified atom stereocenters. The zero-order valence-electron chi connectivity index (χ0n) is 10.4. The minimum Gasteiger partial charge on any atom is -0.394 e. The smallest absolute Gasteiger partial charge is 0.0881 e. The molecule has 0 aromatic heterocycles. The molecule has 102 valence electrons. The molecule has 0 spiro atoms. The highest BCUT2D eigenvalue weighted by atomic mass is 32.2. The second-order valence-corrected chi connectivity index (χ2v) is 5.32. The molecular formula is C13H21NO3S. The van der Waals surface area contributed by atoms with Crippen LogP contribution >= 0.6 is 11.8 Å². The summed E-state index contributed by atoms with van der Waals surface area (Å²) in [5, 5.41) is 30.4. The molecule has 0 amide bonds. The largest absolute Gasteiger partial charge is 0.394 e. The highest BCUT2D eigenvalue weighted by molar-refractivity contribution is 7.98. The molecule has 18 heavy (non-hydrogen) atoms. The average Bonchev–Trinajstić information content (AvgIpc) is 2.45. The molecule has 5 heteroatoms. The van der Waals surface area contributed by atoms with Crippen LogP contribution in [0.25, 0.3) is 0 Å². The quantitative estimate of drug-likeness (QED) is 0.484. The molecule has 0 bridgehead atoms. The van der Waals surface area contributed by atoms with Gasteiger partial charge in [-0.05, 0) is 5.56 Å². The molecule has 4 nitrogen and oxygen atoms in total. The zero-order chi connectivity index (χ0) is 13.3. The number of rotatable bonds is 9. The van der Waals surface area contributed by atoms with Crippen LogP contribution in [0.2, 0.25) is 0 Å². The molecule has 0 fully saturated rings. The second kappa shape index (κ2) is 8.50. The number of nitrogens with one attached hydrogen (secondary N) is 1. The van der Waals surface area contributed by atoms with Crippen molar-refractivity contribution in [3.8, 4) is 0 Å². The van der Waals surface area contributed by atoms with Crippen molar-refractivity contribution >= 4 is 11.8 Å². The van der Waals surface area contributed by atoms with E-state index in [1.807, 2.05) is 18.2 Å². The number of aliphatic hydroxyl groups excluding tert-OH is 3. The minimum atomic E-state index is -0.965. The van der Waals surface area contributed by atoms with Crippen molar-refractivity contribution in [2.75, 3.05) is 32.1 Å². The summed E-state index contributed by atoms with van der Waals surface area (Å²) in [4.78, 5) is 0. The van der Waals surface area contributed by atoms with Crippen molar-refractivity contribution in [3.63, 3.8) is 0 Å². The van der Waals surface area contributed by atoms with E-state index < -0.39 is 5.54 Å². The Hall–Kier alpha value is -0.590. The molecule has 0 heterocycles. The van der Waals surface area contributed by atoms with Crippen LogP contribution in [-0.4, -0.2) is 53.0 Å². The van der Waals surface area contributed by atoms with Gasteiger partial charge in [-0.1, -0.05) is 30.3 Å². The molecule has 0 aliphatic rings. The summed E-state index contributed by atoms with van der Waals surface area (Å²) in [7, 11) is 0. The molecule has 0 saturated heterocycles. The van der Waals surface area contributed by atoms with Crippen LogP contribution in [0.5, 0.6) is 0 Å². The fraction of sp³-hybridized carbons (Fsp3) is 0.538. The summed E-state index contributed by atoms with van der Waals surface area (Å²) in [6, 6.07) is 10.2. The maximum atomic E-state index is 9.12. The third kappa shape index (κ3) is 4.96. The Labute approximate surface area is 112 Å². The van der Waals surface area contributed by atoms with Crippen LogP contribution in [0.1, 0.15) is 5.56 Å². The van der Waals surface area contributed by atoms with Gasteiger partial charge in [0.25, 0.3) is 0 Å². The lowest BCUT2D eigenvalue weighted by Crippen LogP contribution is -2.55. The molecule has 1 aromatic carbocycles. The number of benzene rings is 1. The van der Waals surface area contributed by atoms with Gasteiger partial charge in [0, 0.05) is 18.1 Å². The van der Waals surface area contributed by atoms with E-state index >= 15 is 0 Å². The predicted octanol–water partition coefficient (Wildman–Crippen LogP) is 0.225. The van der Waals surface area contributed by atoms with Gasteiger partial charge in [0.2, 0.25) is 0 Å². The number of hydrogen-bond donors (Lipinski definition) is 4. The van der Waals surface area contributed by atoms with Crippen LogP contribution < -0.4 is 5.32 Å². The predicted molar refractivity (Wildman–Crippen MR) is 74.6 cm³/mol. The first-order valence-corrected chi connectivity index (χ1v) is 7.11. The van der Waals surface area contributed by atoms with Crippen LogP contribution in [0.3, 0.4) is 0 Å². The van der Waals surface area contributed by atoms with Crippen LogP contribution in [0, 0.1) is 0 Å². The van der Waals surface area contributed by atoms with Crippen molar-refractivity contribution < 1.29 is 15.3 Å². The molecular weight excluding hydrogens is 250 g/mol. The monoisotopic (exact) mass is 271 g/mol. The zero-order valence-corrected chi connectivity index (χ0v) is 11.2. The summed E-state index contributed by atoms with van der Waals surface area (Å²) in [5.74, 6) is 1.80. The van der Waals surface area contributed by atoms with Gasteiger partial charge < -0.3 is 20.6 Å². The van der Waals surface area contributed by atoms with E-state index in [-0.39, 0.29) is 19.8 Å². The molecule has 0 atom stereocenters. The Morgan fingerprint density at radius 1 is 1.00 bits per heavy atom. The molecule has 0 aliphatic carbocycles. The van der Waals surface area contributed by atoms with E-state index in [2.05, 4.69) is 17.4 Å². The fourth-order valence-electron chi connectivity index (χ4n) is 1.47. The Morgan fingerprint density at radius 3 is 2.17 bits per heavy atom. The Bertz CT molecular complexity index is 309. The Morgan fingerprint density at radius 2 is 1.61 bits per heavy atom. The average molecular weight is 271 g/mol. The van der Waals surface area contributed by atoms with Gasteiger partial charge in [-0.3, -0.25) is 0 Å². The lowest BCUT2D eigenvalue weighted by molar-refractivity contribution is 0.0441. The van der Waals surface area contributed by atoms with Gasteiger partial charge in [-0.15, -0.1) is 0 Å². The van der Waals surface area contributed by atoms with E-state index in [9.17, 15) is 0 Å². The van der Waals surface area contributed by atoms with Crippen molar-refractivity contribution in [2.45, 2.75) is 11.3 Å². The van der Waals surface area contributed by atoms with Crippen molar-refractivity contribution in [2.24, 2.45) is 0 Å². The van der Waals surface area contributed by atoms with E-state index in [1.165, 1.54) is 5.56 Å². The lowest BCUT2D eigenvalue weighted by Gasteiger charge is -2.28. The van der Waals surface area contributed by atoms with Crippen molar-refractivity contribution in [1.29, 1.82) is 0 Å². The van der Waals surface area contributed by atoms with E-state index in [0.717, 1.165) is 11.5 Å². The number of hydrogen-bond acceptors (Lipinski definition) is 5. The molecule has 0 radical (unpaired) electrons. The van der Waals surface area contributed by atoms with Crippen molar-refractivity contribution in [3.05, 3.63) is 35.9 Å².